The highest BCUT2D eigenvalue weighted by Crippen LogP contribution is 2.22. The van der Waals surface area contributed by atoms with Gasteiger partial charge in [-0.1, -0.05) is 13.0 Å². The monoisotopic (exact) mass is 263 g/mol. The Morgan fingerprint density at radius 1 is 1.39 bits per heavy atom. The molecule has 0 fully saturated rings. The molecule has 0 amide bonds. The van der Waals surface area contributed by atoms with E-state index in [2.05, 4.69) is 16.9 Å². The maximum absolute atomic E-state index is 5.87. The highest BCUT2D eigenvalue weighted by Gasteiger charge is 2.10. The molecule has 4 nitrogen and oxygen atoms in total. The van der Waals surface area contributed by atoms with E-state index in [9.17, 15) is 0 Å². The number of anilines is 1. The molecular formula is C13H17N3OS. The number of nitrogens with two attached hydrogens (primary N) is 1. The Balaban J connectivity index is 2.15. The van der Waals surface area contributed by atoms with Crippen LogP contribution in [0.5, 0.6) is 5.88 Å². The summed E-state index contributed by atoms with van der Waals surface area (Å²) in [5.74, 6) is 1.86. The molecule has 2 rings (SSSR count). The van der Waals surface area contributed by atoms with E-state index in [0.717, 1.165) is 24.2 Å². The molecule has 2 N–H and O–H groups in total. The van der Waals surface area contributed by atoms with Crippen LogP contribution in [0.4, 0.5) is 5.82 Å². The van der Waals surface area contributed by atoms with Crippen LogP contribution >= 0.6 is 11.3 Å². The molecule has 2 aromatic rings. The molecule has 5 heteroatoms. The summed E-state index contributed by atoms with van der Waals surface area (Å²) in [5, 5.41) is 2.03. The standard InChI is InChI=1S/C13H17N3OS/c1-3-5-11-15-12(14)9(2)13(16-11)17-8-10-6-4-7-18-10/h4,6-7H,3,5,8H2,1-2H3,(H2,14,15,16). The van der Waals surface area contributed by atoms with Crippen molar-refractivity contribution in [2.24, 2.45) is 0 Å². The van der Waals surface area contributed by atoms with Gasteiger partial charge < -0.3 is 10.5 Å². The highest BCUT2D eigenvalue weighted by molar-refractivity contribution is 7.09. The predicted octanol–water partition coefficient (Wildman–Crippen LogP) is 2.96. The number of rotatable bonds is 5. The number of hydrogen-bond donors (Lipinski definition) is 1. The summed E-state index contributed by atoms with van der Waals surface area (Å²) in [4.78, 5) is 9.84. The van der Waals surface area contributed by atoms with Gasteiger partial charge in [0, 0.05) is 11.3 Å². The van der Waals surface area contributed by atoms with Crippen LogP contribution in [0.1, 0.15) is 29.6 Å². The molecule has 0 aliphatic rings. The number of thiophene rings is 1. The summed E-state index contributed by atoms with van der Waals surface area (Å²) in [7, 11) is 0. The Labute approximate surface area is 111 Å². The first-order valence-corrected chi connectivity index (χ1v) is 6.86. The number of nitrogens with zero attached hydrogens (tertiary/aromatic N) is 2. The van der Waals surface area contributed by atoms with Gasteiger partial charge in [0.05, 0.1) is 5.56 Å². The molecule has 0 aliphatic heterocycles. The maximum Gasteiger partial charge on any atom is 0.222 e. The molecule has 0 bridgehead atoms. The Hall–Kier alpha value is -1.62. The van der Waals surface area contributed by atoms with Crippen LogP contribution in [-0.4, -0.2) is 9.97 Å². The Morgan fingerprint density at radius 2 is 2.22 bits per heavy atom. The molecule has 2 aromatic heterocycles. The minimum Gasteiger partial charge on any atom is -0.472 e. The predicted molar refractivity (Wildman–Crippen MR) is 73.8 cm³/mol. The fourth-order valence-electron chi connectivity index (χ4n) is 1.57. The molecule has 0 spiro atoms. The lowest BCUT2D eigenvalue weighted by atomic mass is 10.3. The van der Waals surface area contributed by atoms with Crippen molar-refractivity contribution in [2.45, 2.75) is 33.3 Å². The second-order valence-corrected chi connectivity index (χ2v) is 5.11. The molecule has 96 valence electrons. The van der Waals surface area contributed by atoms with Crippen molar-refractivity contribution in [3.8, 4) is 5.88 Å². The number of aromatic nitrogens is 2. The van der Waals surface area contributed by atoms with Gasteiger partial charge in [0.25, 0.3) is 0 Å². The Kier molecular flexibility index (Phi) is 4.15. The summed E-state index contributed by atoms with van der Waals surface area (Å²) in [6, 6.07) is 4.05. The van der Waals surface area contributed by atoms with E-state index in [1.165, 1.54) is 4.88 Å². The third-order valence-electron chi connectivity index (χ3n) is 2.59. The SMILES string of the molecule is CCCc1nc(N)c(C)c(OCc2cccs2)n1. The van der Waals surface area contributed by atoms with Crippen LogP contribution in [0.25, 0.3) is 0 Å². The van der Waals surface area contributed by atoms with Crippen LogP contribution in [0.2, 0.25) is 0 Å². The van der Waals surface area contributed by atoms with Gasteiger partial charge in [-0.25, -0.2) is 4.98 Å². The van der Waals surface area contributed by atoms with Gasteiger partial charge in [-0.15, -0.1) is 11.3 Å². The minimum absolute atomic E-state index is 0.509. The summed E-state index contributed by atoms with van der Waals surface area (Å²) in [6.07, 6.45) is 1.81. The van der Waals surface area contributed by atoms with E-state index in [0.29, 0.717) is 18.3 Å². The zero-order chi connectivity index (χ0) is 13.0. The molecule has 0 radical (unpaired) electrons. The van der Waals surface area contributed by atoms with Gasteiger partial charge >= 0.3 is 0 Å². The van der Waals surface area contributed by atoms with Gasteiger partial charge in [-0.2, -0.15) is 4.98 Å². The topological polar surface area (TPSA) is 61.0 Å². The first-order valence-electron chi connectivity index (χ1n) is 5.99. The Bertz CT molecular complexity index is 511. The van der Waals surface area contributed by atoms with Crippen molar-refractivity contribution < 1.29 is 4.74 Å². The zero-order valence-corrected chi connectivity index (χ0v) is 11.5. The van der Waals surface area contributed by atoms with Crippen LogP contribution in [0, 0.1) is 6.92 Å². The quantitative estimate of drug-likeness (QED) is 0.901. The van der Waals surface area contributed by atoms with Gasteiger partial charge in [0.2, 0.25) is 5.88 Å². The van der Waals surface area contributed by atoms with E-state index < -0.39 is 0 Å². The van der Waals surface area contributed by atoms with Crippen molar-refractivity contribution in [2.75, 3.05) is 5.73 Å². The molecule has 0 saturated heterocycles. The fourth-order valence-corrected chi connectivity index (χ4v) is 2.18. The fraction of sp³-hybridized carbons (Fsp3) is 0.385. The third kappa shape index (κ3) is 2.98. The van der Waals surface area contributed by atoms with E-state index in [1.54, 1.807) is 11.3 Å². The number of aryl methyl sites for hydroxylation is 1. The molecule has 18 heavy (non-hydrogen) atoms. The zero-order valence-electron chi connectivity index (χ0n) is 10.6. The summed E-state index contributed by atoms with van der Waals surface area (Å²) in [5.41, 5.74) is 6.68. The van der Waals surface area contributed by atoms with Crippen molar-refractivity contribution in [3.05, 3.63) is 33.8 Å². The number of hydrogen-bond acceptors (Lipinski definition) is 5. The normalized spacial score (nSPS) is 10.6. The van der Waals surface area contributed by atoms with E-state index in [4.69, 9.17) is 10.5 Å². The second kappa shape index (κ2) is 5.82. The number of ether oxygens (including phenoxy) is 1. The molecule has 0 unspecified atom stereocenters. The largest absolute Gasteiger partial charge is 0.472 e. The molecule has 0 aromatic carbocycles. The smallest absolute Gasteiger partial charge is 0.222 e. The van der Waals surface area contributed by atoms with Gasteiger partial charge in [0.1, 0.15) is 18.2 Å². The van der Waals surface area contributed by atoms with Crippen molar-refractivity contribution in [1.82, 2.24) is 9.97 Å². The van der Waals surface area contributed by atoms with E-state index in [-0.39, 0.29) is 0 Å². The van der Waals surface area contributed by atoms with Crippen molar-refractivity contribution in [3.63, 3.8) is 0 Å². The summed E-state index contributed by atoms with van der Waals surface area (Å²) < 4.78 is 5.73. The highest BCUT2D eigenvalue weighted by atomic mass is 32.1. The van der Waals surface area contributed by atoms with Crippen LogP contribution in [0.15, 0.2) is 17.5 Å². The maximum atomic E-state index is 5.87. The van der Waals surface area contributed by atoms with Gasteiger partial charge in [0.15, 0.2) is 0 Å². The van der Waals surface area contributed by atoms with Crippen LogP contribution in [0.3, 0.4) is 0 Å². The van der Waals surface area contributed by atoms with Crippen molar-refractivity contribution in [1.29, 1.82) is 0 Å². The molecule has 0 aliphatic carbocycles. The lowest BCUT2D eigenvalue weighted by Crippen LogP contribution is -2.06. The first-order chi connectivity index (χ1) is 8.70. The second-order valence-electron chi connectivity index (χ2n) is 4.07. The lowest BCUT2D eigenvalue weighted by molar-refractivity contribution is 0.293. The van der Waals surface area contributed by atoms with E-state index >= 15 is 0 Å². The average Bonchev–Trinajstić information content (AvgIpc) is 2.85. The van der Waals surface area contributed by atoms with Gasteiger partial charge in [-0.05, 0) is 24.8 Å². The lowest BCUT2D eigenvalue weighted by Gasteiger charge is -2.10. The van der Waals surface area contributed by atoms with E-state index in [1.807, 2.05) is 24.4 Å². The van der Waals surface area contributed by atoms with Crippen LogP contribution < -0.4 is 10.5 Å². The number of nitrogen functional groups attached to an aromatic ring is 1. The summed E-state index contributed by atoms with van der Waals surface area (Å²) >= 11 is 1.67. The first kappa shape index (κ1) is 12.8. The molecule has 0 atom stereocenters. The molecule has 0 saturated carbocycles. The van der Waals surface area contributed by atoms with Gasteiger partial charge in [-0.3, -0.25) is 0 Å². The summed E-state index contributed by atoms with van der Waals surface area (Å²) in [6.45, 7) is 4.50. The molecular weight excluding hydrogens is 246 g/mol. The van der Waals surface area contributed by atoms with Crippen LogP contribution in [-0.2, 0) is 13.0 Å². The average molecular weight is 263 g/mol. The van der Waals surface area contributed by atoms with Crippen molar-refractivity contribution >= 4 is 17.2 Å². The minimum atomic E-state index is 0.509. The third-order valence-corrected chi connectivity index (χ3v) is 3.44. The Morgan fingerprint density at radius 3 is 2.89 bits per heavy atom. The molecule has 2 heterocycles.